The summed E-state index contributed by atoms with van der Waals surface area (Å²) in [6.07, 6.45) is 0. The molecule has 1 fully saturated rings. The topological polar surface area (TPSA) is 64.0 Å². The molecule has 1 saturated heterocycles. The van der Waals surface area contributed by atoms with Gasteiger partial charge in [0.2, 0.25) is 0 Å². The highest BCUT2D eigenvalue weighted by atomic mass is 19.1. The van der Waals surface area contributed by atoms with Gasteiger partial charge in [0.15, 0.2) is 11.6 Å². The maximum Gasteiger partial charge on any atom is 0.325 e. The first-order chi connectivity index (χ1) is 8.99. The molecule has 0 radical (unpaired) electrons. The Morgan fingerprint density at radius 1 is 1.32 bits per heavy atom. The molecule has 19 heavy (non-hydrogen) atoms. The van der Waals surface area contributed by atoms with Crippen LogP contribution in [0.3, 0.4) is 0 Å². The van der Waals surface area contributed by atoms with Crippen LogP contribution in [0.1, 0.15) is 11.6 Å². The summed E-state index contributed by atoms with van der Waals surface area (Å²) in [6, 6.07) is 2.86. The normalized spacial score (nSPS) is 19.3. The molecular formula is C13H17FN2O3. The lowest BCUT2D eigenvalue weighted by molar-refractivity contribution is -0.144. The second kappa shape index (κ2) is 5.54. The van der Waals surface area contributed by atoms with Crippen molar-refractivity contribution in [1.82, 2.24) is 9.80 Å². The summed E-state index contributed by atoms with van der Waals surface area (Å²) < 4.78 is 13.4. The molecule has 0 saturated carbocycles. The van der Waals surface area contributed by atoms with E-state index < -0.39 is 23.6 Å². The molecule has 1 aliphatic heterocycles. The Kier molecular flexibility index (Phi) is 4.01. The highest BCUT2D eigenvalue weighted by Crippen LogP contribution is 2.26. The van der Waals surface area contributed by atoms with E-state index >= 15 is 0 Å². The number of aliphatic carboxylic acids is 1. The third kappa shape index (κ3) is 3.02. The average molecular weight is 268 g/mol. The summed E-state index contributed by atoms with van der Waals surface area (Å²) in [5.74, 6) is -2.27. The lowest BCUT2D eigenvalue weighted by atomic mass is 10.0. The van der Waals surface area contributed by atoms with E-state index in [4.69, 9.17) is 5.11 Å². The summed E-state index contributed by atoms with van der Waals surface area (Å²) >= 11 is 0. The average Bonchev–Trinajstić information content (AvgIpc) is 2.36. The number of nitrogens with zero attached hydrogens (tertiary/aromatic N) is 2. The number of aromatic hydroxyl groups is 1. The van der Waals surface area contributed by atoms with Gasteiger partial charge in [0, 0.05) is 26.2 Å². The van der Waals surface area contributed by atoms with Gasteiger partial charge in [-0.1, -0.05) is 6.07 Å². The first-order valence-electron chi connectivity index (χ1n) is 6.13. The number of hydrogen-bond donors (Lipinski definition) is 2. The van der Waals surface area contributed by atoms with Crippen LogP contribution in [0.5, 0.6) is 5.75 Å². The van der Waals surface area contributed by atoms with E-state index in [1.165, 1.54) is 12.1 Å². The minimum atomic E-state index is -1.00. The molecule has 6 heteroatoms. The largest absolute Gasteiger partial charge is 0.505 e. The molecule has 1 aliphatic rings. The second-order valence-corrected chi connectivity index (χ2v) is 4.79. The van der Waals surface area contributed by atoms with Crippen LogP contribution in [-0.2, 0) is 4.79 Å². The molecule has 1 atom stereocenters. The van der Waals surface area contributed by atoms with E-state index in [1.54, 1.807) is 0 Å². The van der Waals surface area contributed by atoms with Crippen LogP contribution >= 0.6 is 0 Å². The molecule has 1 unspecified atom stereocenters. The molecule has 1 heterocycles. The van der Waals surface area contributed by atoms with Crippen LogP contribution in [-0.4, -0.2) is 59.2 Å². The molecule has 5 nitrogen and oxygen atoms in total. The van der Waals surface area contributed by atoms with Crippen molar-refractivity contribution >= 4 is 5.97 Å². The molecule has 2 rings (SSSR count). The molecule has 2 N–H and O–H groups in total. The first-order valence-corrected chi connectivity index (χ1v) is 6.13. The third-order valence-corrected chi connectivity index (χ3v) is 3.42. The molecule has 0 aromatic heterocycles. The SMILES string of the molecule is CN1CCN(C(C(=O)O)c2ccc(O)c(F)c2)CC1. The zero-order valence-corrected chi connectivity index (χ0v) is 10.7. The molecule has 0 aliphatic carbocycles. The van der Waals surface area contributed by atoms with E-state index in [9.17, 15) is 14.3 Å². The number of halogens is 1. The van der Waals surface area contributed by atoms with Gasteiger partial charge in [0.05, 0.1) is 0 Å². The van der Waals surface area contributed by atoms with Gasteiger partial charge in [-0.25, -0.2) is 4.39 Å². The van der Waals surface area contributed by atoms with Crippen LogP contribution in [0.25, 0.3) is 0 Å². The van der Waals surface area contributed by atoms with Gasteiger partial charge < -0.3 is 15.1 Å². The first kappa shape index (κ1) is 13.8. The molecular weight excluding hydrogens is 251 g/mol. The summed E-state index contributed by atoms with van der Waals surface area (Å²) in [7, 11) is 1.98. The van der Waals surface area contributed by atoms with Gasteiger partial charge in [-0.2, -0.15) is 0 Å². The van der Waals surface area contributed by atoms with E-state index in [2.05, 4.69) is 4.90 Å². The second-order valence-electron chi connectivity index (χ2n) is 4.79. The number of piperazine rings is 1. The maximum atomic E-state index is 13.4. The maximum absolute atomic E-state index is 13.4. The number of phenols is 1. The highest BCUT2D eigenvalue weighted by molar-refractivity contribution is 5.75. The number of hydrogen-bond acceptors (Lipinski definition) is 4. The van der Waals surface area contributed by atoms with Crippen LogP contribution in [0.15, 0.2) is 18.2 Å². The molecule has 0 amide bonds. The third-order valence-electron chi connectivity index (χ3n) is 3.42. The van der Waals surface area contributed by atoms with E-state index in [-0.39, 0.29) is 0 Å². The van der Waals surface area contributed by atoms with Crippen molar-refractivity contribution in [3.63, 3.8) is 0 Å². The molecule has 104 valence electrons. The van der Waals surface area contributed by atoms with E-state index in [0.717, 1.165) is 19.2 Å². The lowest BCUT2D eigenvalue weighted by Gasteiger charge is -2.36. The Labute approximate surface area is 110 Å². The minimum absolute atomic E-state index is 0.354. The van der Waals surface area contributed by atoms with Gasteiger partial charge in [-0.05, 0) is 24.7 Å². The Hall–Kier alpha value is -1.66. The van der Waals surface area contributed by atoms with Crippen molar-refractivity contribution in [3.8, 4) is 5.75 Å². The number of carboxylic acid groups (broad SMARTS) is 1. The number of carboxylic acids is 1. The smallest absolute Gasteiger partial charge is 0.325 e. The zero-order valence-electron chi connectivity index (χ0n) is 10.7. The van der Waals surface area contributed by atoms with E-state index in [1.807, 2.05) is 11.9 Å². The molecule has 0 bridgehead atoms. The van der Waals surface area contributed by atoms with Crippen molar-refractivity contribution in [2.24, 2.45) is 0 Å². The van der Waals surface area contributed by atoms with E-state index in [0.29, 0.717) is 18.7 Å². The molecule has 1 aromatic carbocycles. The Balaban J connectivity index is 2.24. The van der Waals surface area contributed by atoms with Gasteiger partial charge in [-0.3, -0.25) is 9.69 Å². The lowest BCUT2D eigenvalue weighted by Crippen LogP contribution is -2.47. The van der Waals surface area contributed by atoms with Gasteiger partial charge in [-0.15, -0.1) is 0 Å². The summed E-state index contributed by atoms with van der Waals surface area (Å²) in [4.78, 5) is 15.4. The predicted molar refractivity (Wildman–Crippen MR) is 67.5 cm³/mol. The number of carbonyl (C=O) groups is 1. The van der Waals surface area contributed by atoms with Gasteiger partial charge in [0.25, 0.3) is 0 Å². The van der Waals surface area contributed by atoms with Crippen LogP contribution < -0.4 is 0 Å². The predicted octanol–water partition coefficient (Wildman–Crippen LogP) is 0.904. The summed E-state index contributed by atoms with van der Waals surface area (Å²) in [5, 5.41) is 18.5. The quantitative estimate of drug-likeness (QED) is 0.853. The summed E-state index contributed by atoms with van der Waals surface area (Å²) in [5.41, 5.74) is 0.354. The fourth-order valence-electron chi connectivity index (χ4n) is 2.28. The van der Waals surface area contributed by atoms with Crippen molar-refractivity contribution in [2.75, 3.05) is 33.2 Å². The molecule has 1 aromatic rings. The number of likely N-dealkylation sites (N-methyl/N-ethyl adjacent to an activating group) is 1. The molecule has 0 spiro atoms. The van der Waals surface area contributed by atoms with Gasteiger partial charge in [0.1, 0.15) is 6.04 Å². The fraction of sp³-hybridized carbons (Fsp3) is 0.462. The Morgan fingerprint density at radius 3 is 2.47 bits per heavy atom. The van der Waals surface area contributed by atoms with Crippen LogP contribution in [0.4, 0.5) is 4.39 Å². The number of benzene rings is 1. The number of rotatable bonds is 3. The standard InChI is InChI=1S/C13H17FN2O3/c1-15-4-6-16(7-5-15)12(13(18)19)9-2-3-11(17)10(14)8-9/h2-3,8,12,17H,4-7H2,1H3,(H,18,19). The summed E-state index contributed by atoms with van der Waals surface area (Å²) in [6.45, 7) is 2.81. The highest BCUT2D eigenvalue weighted by Gasteiger charge is 2.30. The number of phenolic OH excluding ortho intramolecular Hbond substituents is 1. The Bertz CT molecular complexity index is 473. The Morgan fingerprint density at radius 2 is 1.95 bits per heavy atom. The van der Waals surface area contributed by atoms with Gasteiger partial charge >= 0.3 is 5.97 Å². The van der Waals surface area contributed by atoms with Crippen LogP contribution in [0.2, 0.25) is 0 Å². The van der Waals surface area contributed by atoms with Crippen molar-refractivity contribution < 1.29 is 19.4 Å². The van der Waals surface area contributed by atoms with Crippen LogP contribution in [0, 0.1) is 5.82 Å². The fourth-order valence-corrected chi connectivity index (χ4v) is 2.28. The monoisotopic (exact) mass is 268 g/mol. The van der Waals surface area contributed by atoms with Crippen molar-refractivity contribution in [3.05, 3.63) is 29.6 Å². The van der Waals surface area contributed by atoms with Crippen molar-refractivity contribution in [1.29, 1.82) is 0 Å². The minimum Gasteiger partial charge on any atom is -0.505 e. The zero-order chi connectivity index (χ0) is 14.0. The van der Waals surface area contributed by atoms with Crippen molar-refractivity contribution in [2.45, 2.75) is 6.04 Å².